The molecule has 1 heteroatoms. The summed E-state index contributed by atoms with van der Waals surface area (Å²) in [6, 6.07) is 0. The van der Waals surface area contributed by atoms with Crippen molar-refractivity contribution in [2.75, 3.05) is 6.61 Å². The van der Waals surface area contributed by atoms with Crippen molar-refractivity contribution >= 4 is 0 Å². The van der Waals surface area contributed by atoms with Crippen LogP contribution in [0.15, 0.2) is 23.3 Å². The van der Waals surface area contributed by atoms with E-state index >= 15 is 0 Å². The highest BCUT2D eigenvalue weighted by molar-refractivity contribution is 5.30. The maximum atomic E-state index is 9.05. The van der Waals surface area contributed by atoms with Gasteiger partial charge in [-0.05, 0) is 37.2 Å². The van der Waals surface area contributed by atoms with E-state index in [4.69, 9.17) is 5.11 Å². The number of hydrogen-bond donors (Lipinski definition) is 1. The molecule has 11 heavy (non-hydrogen) atoms. The average molecular weight is 150 g/mol. The van der Waals surface area contributed by atoms with E-state index in [-0.39, 0.29) is 6.61 Å². The summed E-state index contributed by atoms with van der Waals surface area (Å²) in [7, 11) is 0. The van der Waals surface area contributed by atoms with Gasteiger partial charge in [0.05, 0.1) is 6.61 Å². The predicted molar refractivity (Wildman–Crippen MR) is 45.2 cm³/mol. The van der Waals surface area contributed by atoms with Crippen LogP contribution in [0.25, 0.3) is 0 Å². The first kappa shape index (κ1) is 7.11. The Kier molecular flexibility index (Phi) is 1.82. The summed E-state index contributed by atoms with van der Waals surface area (Å²) in [5, 5.41) is 9.05. The van der Waals surface area contributed by atoms with Crippen LogP contribution in [0, 0.1) is 5.92 Å². The van der Waals surface area contributed by atoms with Crippen LogP contribution in [0.2, 0.25) is 0 Å². The highest BCUT2D eigenvalue weighted by Gasteiger charge is 2.23. The van der Waals surface area contributed by atoms with Crippen LogP contribution in [-0.4, -0.2) is 11.7 Å². The number of allylic oxidation sites excluding steroid dienone is 3. The molecule has 0 aromatic rings. The Balaban J connectivity index is 2.27. The lowest BCUT2D eigenvalue weighted by atomic mass is 9.91. The topological polar surface area (TPSA) is 20.2 Å². The second kappa shape index (κ2) is 2.82. The molecule has 0 aromatic carbocycles. The van der Waals surface area contributed by atoms with Gasteiger partial charge in [-0.15, -0.1) is 0 Å². The van der Waals surface area contributed by atoms with Gasteiger partial charge < -0.3 is 5.11 Å². The van der Waals surface area contributed by atoms with E-state index < -0.39 is 0 Å². The quantitative estimate of drug-likeness (QED) is 0.567. The molecule has 0 saturated heterocycles. The molecule has 0 radical (unpaired) electrons. The van der Waals surface area contributed by atoms with E-state index in [0.717, 1.165) is 6.42 Å². The minimum absolute atomic E-state index is 0.274. The maximum Gasteiger partial charge on any atom is 0.0647 e. The van der Waals surface area contributed by atoms with Gasteiger partial charge in [-0.25, -0.2) is 0 Å². The van der Waals surface area contributed by atoms with Gasteiger partial charge in [-0.1, -0.05) is 17.7 Å². The lowest BCUT2D eigenvalue weighted by Gasteiger charge is -2.16. The zero-order valence-electron chi connectivity index (χ0n) is 6.71. The van der Waals surface area contributed by atoms with Gasteiger partial charge in [-0.2, -0.15) is 0 Å². The van der Waals surface area contributed by atoms with Crippen molar-refractivity contribution in [3.05, 3.63) is 23.3 Å². The van der Waals surface area contributed by atoms with Gasteiger partial charge in [0.15, 0.2) is 0 Å². The fourth-order valence-corrected chi connectivity index (χ4v) is 2.20. The molecular formula is C10H14O. The third-order valence-electron chi connectivity index (χ3n) is 2.79. The minimum Gasteiger partial charge on any atom is -0.392 e. The fourth-order valence-electron chi connectivity index (χ4n) is 2.20. The van der Waals surface area contributed by atoms with Crippen molar-refractivity contribution in [2.45, 2.75) is 25.7 Å². The average Bonchev–Trinajstić information content (AvgIpc) is 2.50. The molecule has 1 nitrogen and oxygen atoms in total. The normalized spacial score (nSPS) is 29.4. The van der Waals surface area contributed by atoms with Crippen molar-refractivity contribution in [3.8, 4) is 0 Å². The van der Waals surface area contributed by atoms with Gasteiger partial charge in [-0.3, -0.25) is 0 Å². The first-order valence-electron chi connectivity index (χ1n) is 4.40. The molecule has 2 rings (SSSR count). The molecule has 2 aliphatic rings. The summed E-state index contributed by atoms with van der Waals surface area (Å²) >= 11 is 0. The second-order valence-electron chi connectivity index (χ2n) is 3.42. The van der Waals surface area contributed by atoms with Crippen molar-refractivity contribution in [3.63, 3.8) is 0 Å². The Morgan fingerprint density at radius 1 is 1.55 bits per heavy atom. The lowest BCUT2D eigenvalue weighted by Crippen LogP contribution is -2.04. The largest absolute Gasteiger partial charge is 0.392 e. The van der Waals surface area contributed by atoms with Crippen LogP contribution in [0.3, 0.4) is 0 Å². The van der Waals surface area contributed by atoms with Crippen LogP contribution in [0.1, 0.15) is 25.7 Å². The van der Waals surface area contributed by atoms with Gasteiger partial charge in [0.2, 0.25) is 0 Å². The standard InChI is InChI=1S/C10H14O/c11-7-9-5-1-3-8-4-2-6-10(8)9/h1,3,8,11H,2,4-7H2/t8-/m0/s1. The summed E-state index contributed by atoms with van der Waals surface area (Å²) < 4.78 is 0. The van der Waals surface area contributed by atoms with Gasteiger partial charge >= 0.3 is 0 Å². The lowest BCUT2D eigenvalue weighted by molar-refractivity contribution is 0.325. The number of rotatable bonds is 1. The van der Waals surface area contributed by atoms with Crippen molar-refractivity contribution in [1.29, 1.82) is 0 Å². The molecule has 1 saturated carbocycles. The third-order valence-corrected chi connectivity index (χ3v) is 2.79. The third kappa shape index (κ3) is 1.14. The summed E-state index contributed by atoms with van der Waals surface area (Å²) in [5.41, 5.74) is 2.82. The first-order valence-corrected chi connectivity index (χ1v) is 4.40. The fraction of sp³-hybridized carbons (Fsp3) is 0.600. The molecule has 0 spiro atoms. The minimum atomic E-state index is 0.274. The zero-order valence-corrected chi connectivity index (χ0v) is 6.71. The summed E-state index contributed by atoms with van der Waals surface area (Å²) in [6.07, 6.45) is 9.34. The smallest absolute Gasteiger partial charge is 0.0647 e. The Hall–Kier alpha value is -0.560. The van der Waals surface area contributed by atoms with Gasteiger partial charge in [0.1, 0.15) is 0 Å². The van der Waals surface area contributed by atoms with Crippen molar-refractivity contribution in [2.24, 2.45) is 5.92 Å². The monoisotopic (exact) mass is 150 g/mol. The molecule has 0 aliphatic heterocycles. The van der Waals surface area contributed by atoms with Crippen LogP contribution in [-0.2, 0) is 0 Å². The first-order chi connectivity index (χ1) is 5.42. The highest BCUT2D eigenvalue weighted by Crippen LogP contribution is 2.37. The van der Waals surface area contributed by atoms with Crippen LogP contribution < -0.4 is 0 Å². The van der Waals surface area contributed by atoms with Gasteiger partial charge in [0.25, 0.3) is 0 Å². The molecule has 1 N–H and O–H groups in total. The van der Waals surface area contributed by atoms with Crippen LogP contribution >= 0.6 is 0 Å². The molecule has 0 amide bonds. The molecule has 1 fully saturated rings. The van der Waals surface area contributed by atoms with Crippen LogP contribution in [0.4, 0.5) is 0 Å². The van der Waals surface area contributed by atoms with Crippen molar-refractivity contribution in [1.82, 2.24) is 0 Å². The van der Waals surface area contributed by atoms with E-state index in [9.17, 15) is 0 Å². The summed E-state index contributed by atoms with van der Waals surface area (Å²) in [4.78, 5) is 0. The molecule has 0 heterocycles. The molecule has 1 atom stereocenters. The maximum absolute atomic E-state index is 9.05. The Bertz CT molecular complexity index is 213. The number of aliphatic hydroxyl groups is 1. The predicted octanol–water partition coefficient (Wildman–Crippen LogP) is 2.04. The highest BCUT2D eigenvalue weighted by atomic mass is 16.3. The summed E-state index contributed by atoms with van der Waals surface area (Å²) in [6.45, 7) is 0.274. The molecule has 0 unspecified atom stereocenters. The SMILES string of the molecule is OCC1=C2CCC[C@@H]2C=CC1. The van der Waals surface area contributed by atoms with E-state index in [1.807, 2.05) is 0 Å². The molecular weight excluding hydrogens is 136 g/mol. The van der Waals surface area contributed by atoms with E-state index in [1.54, 1.807) is 0 Å². The Morgan fingerprint density at radius 2 is 2.45 bits per heavy atom. The Labute approximate surface area is 67.4 Å². The van der Waals surface area contributed by atoms with E-state index in [2.05, 4.69) is 12.2 Å². The number of hydrogen-bond acceptors (Lipinski definition) is 1. The Morgan fingerprint density at radius 3 is 3.27 bits per heavy atom. The van der Waals surface area contributed by atoms with Crippen LogP contribution in [0.5, 0.6) is 0 Å². The molecule has 2 aliphatic carbocycles. The van der Waals surface area contributed by atoms with E-state index in [1.165, 1.54) is 30.4 Å². The van der Waals surface area contributed by atoms with Crippen molar-refractivity contribution < 1.29 is 5.11 Å². The second-order valence-corrected chi connectivity index (χ2v) is 3.42. The molecule has 0 aromatic heterocycles. The summed E-state index contributed by atoms with van der Waals surface area (Å²) in [5.74, 6) is 0.686. The molecule has 0 bridgehead atoms. The van der Waals surface area contributed by atoms with Gasteiger partial charge in [0, 0.05) is 0 Å². The number of aliphatic hydroxyl groups excluding tert-OH is 1. The number of fused-ring (bicyclic) bond motifs is 1. The molecule has 60 valence electrons. The van der Waals surface area contributed by atoms with E-state index in [0.29, 0.717) is 5.92 Å². The zero-order chi connectivity index (χ0) is 7.68.